The molecule has 2 aliphatic heterocycles. The van der Waals surface area contributed by atoms with Crippen molar-refractivity contribution in [1.29, 1.82) is 0 Å². The third-order valence-electron chi connectivity index (χ3n) is 3.61. The summed E-state index contributed by atoms with van der Waals surface area (Å²) >= 11 is 3.48. The highest BCUT2D eigenvalue weighted by atomic mass is 79.9. The van der Waals surface area contributed by atoms with Crippen molar-refractivity contribution in [2.75, 3.05) is 19.8 Å². The fourth-order valence-corrected chi connectivity index (χ4v) is 3.14. The SMILES string of the molecule is O=C(c1cc(Br)cc2c1OCC2)C1CCOCC1. The van der Waals surface area contributed by atoms with Gasteiger partial charge in [0.1, 0.15) is 5.75 Å². The Kier molecular flexibility index (Phi) is 3.39. The lowest BCUT2D eigenvalue weighted by molar-refractivity contribution is 0.0543. The first kappa shape index (κ1) is 12.2. The molecule has 1 fully saturated rings. The Morgan fingerprint density at radius 1 is 1.22 bits per heavy atom. The van der Waals surface area contributed by atoms with E-state index < -0.39 is 0 Å². The molecule has 0 amide bonds. The third kappa shape index (κ3) is 2.19. The van der Waals surface area contributed by atoms with Gasteiger partial charge in [-0.15, -0.1) is 0 Å². The first-order valence-corrected chi connectivity index (χ1v) is 7.12. The number of hydrogen-bond acceptors (Lipinski definition) is 3. The lowest BCUT2D eigenvalue weighted by Gasteiger charge is -2.21. The van der Waals surface area contributed by atoms with Crippen molar-refractivity contribution in [3.63, 3.8) is 0 Å². The van der Waals surface area contributed by atoms with E-state index in [2.05, 4.69) is 15.9 Å². The topological polar surface area (TPSA) is 35.5 Å². The molecule has 1 aromatic rings. The first-order valence-electron chi connectivity index (χ1n) is 6.33. The van der Waals surface area contributed by atoms with Crippen LogP contribution in [0.3, 0.4) is 0 Å². The van der Waals surface area contributed by atoms with Crippen LogP contribution in [0.25, 0.3) is 0 Å². The van der Waals surface area contributed by atoms with E-state index >= 15 is 0 Å². The Morgan fingerprint density at radius 3 is 2.78 bits per heavy atom. The summed E-state index contributed by atoms with van der Waals surface area (Å²) in [6.45, 7) is 2.06. The van der Waals surface area contributed by atoms with Gasteiger partial charge in [-0.25, -0.2) is 0 Å². The van der Waals surface area contributed by atoms with Crippen LogP contribution in [0.15, 0.2) is 16.6 Å². The molecule has 0 unspecified atom stereocenters. The second kappa shape index (κ2) is 5.02. The number of rotatable bonds is 2. The number of benzene rings is 1. The predicted octanol–water partition coefficient (Wildman–Crippen LogP) is 2.99. The normalized spacial score (nSPS) is 19.4. The van der Waals surface area contributed by atoms with Crippen LogP contribution in [-0.4, -0.2) is 25.6 Å². The summed E-state index contributed by atoms with van der Waals surface area (Å²) < 4.78 is 11.9. The summed E-state index contributed by atoms with van der Waals surface area (Å²) in [7, 11) is 0. The molecular weight excluding hydrogens is 296 g/mol. The van der Waals surface area contributed by atoms with Gasteiger partial charge in [-0.2, -0.15) is 0 Å². The van der Waals surface area contributed by atoms with Crippen LogP contribution >= 0.6 is 15.9 Å². The number of Topliss-reactive ketones (excluding diaryl/α,β-unsaturated/α-hetero) is 1. The minimum absolute atomic E-state index is 0.0846. The van der Waals surface area contributed by atoms with E-state index in [1.54, 1.807) is 0 Å². The van der Waals surface area contributed by atoms with Crippen LogP contribution in [0.1, 0.15) is 28.8 Å². The Bertz CT molecular complexity index is 478. The van der Waals surface area contributed by atoms with E-state index in [0.29, 0.717) is 19.8 Å². The largest absolute Gasteiger partial charge is 0.492 e. The molecule has 2 heterocycles. The van der Waals surface area contributed by atoms with Gasteiger partial charge in [0.05, 0.1) is 12.2 Å². The predicted molar refractivity (Wildman–Crippen MR) is 71.2 cm³/mol. The summed E-state index contributed by atoms with van der Waals surface area (Å²) in [4.78, 5) is 12.6. The number of carbonyl (C=O) groups excluding carboxylic acids is 1. The highest BCUT2D eigenvalue weighted by molar-refractivity contribution is 9.10. The van der Waals surface area contributed by atoms with Gasteiger partial charge in [-0.3, -0.25) is 4.79 Å². The minimum atomic E-state index is 0.0846. The van der Waals surface area contributed by atoms with Crippen molar-refractivity contribution in [3.8, 4) is 5.75 Å². The molecule has 96 valence electrons. The molecule has 3 nitrogen and oxygen atoms in total. The molecule has 0 aromatic heterocycles. The second-order valence-corrected chi connectivity index (χ2v) is 5.71. The minimum Gasteiger partial charge on any atom is -0.492 e. The number of carbonyl (C=O) groups is 1. The van der Waals surface area contributed by atoms with Crippen LogP contribution in [0.5, 0.6) is 5.75 Å². The highest BCUT2D eigenvalue weighted by Crippen LogP contribution is 2.35. The maximum absolute atomic E-state index is 12.6. The van der Waals surface area contributed by atoms with E-state index in [1.165, 1.54) is 0 Å². The molecule has 1 saturated heterocycles. The first-order chi connectivity index (χ1) is 8.75. The average Bonchev–Trinajstić information content (AvgIpc) is 2.86. The molecule has 0 saturated carbocycles. The van der Waals surface area contributed by atoms with Gasteiger partial charge >= 0.3 is 0 Å². The maximum atomic E-state index is 12.6. The van der Waals surface area contributed by atoms with Gasteiger partial charge in [0.2, 0.25) is 0 Å². The summed E-state index contributed by atoms with van der Waals surface area (Å²) in [5.41, 5.74) is 1.88. The Labute approximate surface area is 115 Å². The second-order valence-electron chi connectivity index (χ2n) is 4.79. The van der Waals surface area contributed by atoms with Gasteiger partial charge in [-0.1, -0.05) is 15.9 Å². The van der Waals surface area contributed by atoms with Gasteiger partial charge in [0, 0.05) is 30.0 Å². The lowest BCUT2D eigenvalue weighted by atomic mass is 9.90. The average molecular weight is 311 g/mol. The Morgan fingerprint density at radius 2 is 2.00 bits per heavy atom. The fourth-order valence-electron chi connectivity index (χ4n) is 2.63. The van der Waals surface area contributed by atoms with Crippen LogP contribution in [0.4, 0.5) is 0 Å². The number of ether oxygens (including phenoxy) is 2. The molecular formula is C14H15BrO3. The smallest absolute Gasteiger partial charge is 0.169 e. The van der Waals surface area contributed by atoms with E-state index in [0.717, 1.165) is 40.6 Å². The molecule has 0 N–H and O–H groups in total. The molecule has 0 bridgehead atoms. The molecule has 3 rings (SSSR count). The van der Waals surface area contributed by atoms with Gasteiger partial charge in [-0.05, 0) is 30.5 Å². The number of hydrogen-bond donors (Lipinski definition) is 0. The van der Waals surface area contributed by atoms with E-state index in [-0.39, 0.29) is 11.7 Å². The van der Waals surface area contributed by atoms with Crippen molar-refractivity contribution in [2.45, 2.75) is 19.3 Å². The molecule has 4 heteroatoms. The maximum Gasteiger partial charge on any atom is 0.169 e. The van der Waals surface area contributed by atoms with Crippen LogP contribution in [-0.2, 0) is 11.2 Å². The van der Waals surface area contributed by atoms with Gasteiger partial charge < -0.3 is 9.47 Å². The highest BCUT2D eigenvalue weighted by Gasteiger charge is 2.28. The molecule has 0 radical (unpaired) electrons. The van der Waals surface area contributed by atoms with Crippen molar-refractivity contribution in [1.82, 2.24) is 0 Å². The fraction of sp³-hybridized carbons (Fsp3) is 0.500. The van der Waals surface area contributed by atoms with Gasteiger partial charge in [0.25, 0.3) is 0 Å². The van der Waals surface area contributed by atoms with Crippen molar-refractivity contribution >= 4 is 21.7 Å². The molecule has 0 spiro atoms. The van der Waals surface area contributed by atoms with Crippen molar-refractivity contribution in [3.05, 3.63) is 27.7 Å². The molecule has 1 aromatic carbocycles. The number of ketones is 1. The summed E-state index contributed by atoms with van der Waals surface area (Å²) in [5, 5.41) is 0. The van der Waals surface area contributed by atoms with E-state index in [1.807, 2.05) is 12.1 Å². The zero-order chi connectivity index (χ0) is 12.5. The Hall–Kier alpha value is -0.870. The van der Waals surface area contributed by atoms with Gasteiger partial charge in [0.15, 0.2) is 5.78 Å². The Balaban J connectivity index is 1.93. The molecule has 18 heavy (non-hydrogen) atoms. The molecule has 0 atom stereocenters. The van der Waals surface area contributed by atoms with Crippen LogP contribution < -0.4 is 4.74 Å². The number of halogens is 1. The summed E-state index contributed by atoms with van der Waals surface area (Å²) in [5.74, 6) is 1.09. The van der Waals surface area contributed by atoms with Crippen molar-refractivity contribution in [2.24, 2.45) is 5.92 Å². The van der Waals surface area contributed by atoms with Crippen LogP contribution in [0, 0.1) is 5.92 Å². The van der Waals surface area contributed by atoms with E-state index in [9.17, 15) is 4.79 Å². The summed E-state index contributed by atoms with van der Waals surface area (Å²) in [6.07, 6.45) is 2.53. The quantitative estimate of drug-likeness (QED) is 0.788. The standard InChI is InChI=1S/C14H15BrO3/c15-11-7-10-3-6-18-14(10)12(8-11)13(16)9-1-4-17-5-2-9/h7-9H,1-6H2. The molecule has 2 aliphatic rings. The van der Waals surface area contributed by atoms with E-state index in [4.69, 9.17) is 9.47 Å². The zero-order valence-electron chi connectivity index (χ0n) is 10.1. The number of fused-ring (bicyclic) bond motifs is 1. The van der Waals surface area contributed by atoms with Crippen LogP contribution in [0.2, 0.25) is 0 Å². The zero-order valence-corrected chi connectivity index (χ0v) is 11.7. The monoisotopic (exact) mass is 310 g/mol. The van der Waals surface area contributed by atoms with Crippen molar-refractivity contribution < 1.29 is 14.3 Å². The molecule has 0 aliphatic carbocycles. The third-order valence-corrected chi connectivity index (χ3v) is 4.06. The summed E-state index contributed by atoms with van der Waals surface area (Å²) in [6, 6.07) is 3.94. The lowest BCUT2D eigenvalue weighted by Crippen LogP contribution is -2.23.